The number of carbonyl (C=O) groups excluding carboxylic acids is 1. The quantitative estimate of drug-likeness (QED) is 0.871. The number of amides is 1. The van der Waals surface area contributed by atoms with Crippen molar-refractivity contribution in [2.75, 3.05) is 20.2 Å². The van der Waals surface area contributed by atoms with Gasteiger partial charge in [-0.25, -0.2) is 0 Å². The maximum atomic E-state index is 11.9. The van der Waals surface area contributed by atoms with Crippen LogP contribution in [-0.2, 0) is 9.59 Å². The van der Waals surface area contributed by atoms with Gasteiger partial charge in [0, 0.05) is 7.05 Å². The average Bonchev–Trinajstić information content (AvgIpc) is 3.20. The van der Waals surface area contributed by atoms with Crippen LogP contribution in [0, 0.1) is 11.8 Å². The topological polar surface area (TPSA) is 66.8 Å². The largest absolute Gasteiger partial charge is 0.490 e. The SMILES string of the molecule is CN(CCOc1ccccc1Cl)C(=O)C1CC1C(=O)O. The molecule has 2 unspecified atom stereocenters. The first-order valence-electron chi connectivity index (χ1n) is 6.36. The molecule has 6 heteroatoms. The van der Waals surface area contributed by atoms with Crippen molar-refractivity contribution in [2.45, 2.75) is 6.42 Å². The van der Waals surface area contributed by atoms with Gasteiger partial charge in [0.2, 0.25) is 5.91 Å². The van der Waals surface area contributed by atoms with Crippen molar-refractivity contribution in [3.63, 3.8) is 0 Å². The smallest absolute Gasteiger partial charge is 0.307 e. The van der Waals surface area contributed by atoms with Crippen LogP contribution in [-0.4, -0.2) is 42.1 Å². The monoisotopic (exact) mass is 297 g/mol. The summed E-state index contributed by atoms with van der Waals surface area (Å²) in [7, 11) is 1.65. The van der Waals surface area contributed by atoms with Gasteiger partial charge in [0.15, 0.2) is 0 Å². The number of ether oxygens (including phenoxy) is 1. The zero-order chi connectivity index (χ0) is 14.7. The van der Waals surface area contributed by atoms with Gasteiger partial charge in [-0.15, -0.1) is 0 Å². The number of hydrogen-bond donors (Lipinski definition) is 1. The van der Waals surface area contributed by atoms with E-state index in [2.05, 4.69) is 0 Å². The normalized spacial score (nSPS) is 20.3. The molecular weight excluding hydrogens is 282 g/mol. The summed E-state index contributed by atoms with van der Waals surface area (Å²) in [6, 6.07) is 7.11. The summed E-state index contributed by atoms with van der Waals surface area (Å²) in [6.07, 6.45) is 0.434. The van der Waals surface area contributed by atoms with E-state index in [1.165, 1.54) is 4.90 Å². The molecule has 0 heterocycles. The molecule has 1 fully saturated rings. The minimum Gasteiger partial charge on any atom is -0.490 e. The molecule has 2 rings (SSSR count). The fourth-order valence-electron chi connectivity index (χ4n) is 1.99. The average molecular weight is 298 g/mol. The zero-order valence-electron chi connectivity index (χ0n) is 11.1. The first kappa shape index (κ1) is 14.7. The highest BCUT2D eigenvalue weighted by atomic mass is 35.5. The van der Waals surface area contributed by atoms with Gasteiger partial charge in [-0.05, 0) is 18.6 Å². The summed E-state index contributed by atoms with van der Waals surface area (Å²) in [5, 5.41) is 9.32. The third-order valence-electron chi connectivity index (χ3n) is 3.32. The van der Waals surface area contributed by atoms with Crippen LogP contribution in [0.5, 0.6) is 5.75 Å². The highest BCUT2D eigenvalue weighted by molar-refractivity contribution is 6.32. The molecule has 5 nitrogen and oxygen atoms in total. The summed E-state index contributed by atoms with van der Waals surface area (Å²) < 4.78 is 5.49. The first-order chi connectivity index (χ1) is 9.50. The molecule has 1 aromatic carbocycles. The van der Waals surface area contributed by atoms with Gasteiger partial charge < -0.3 is 14.7 Å². The fourth-order valence-corrected chi connectivity index (χ4v) is 2.18. The summed E-state index contributed by atoms with van der Waals surface area (Å²) in [6.45, 7) is 0.712. The summed E-state index contributed by atoms with van der Waals surface area (Å²) in [4.78, 5) is 24.1. The Morgan fingerprint density at radius 2 is 2.10 bits per heavy atom. The number of aliphatic carboxylic acids is 1. The van der Waals surface area contributed by atoms with Crippen LogP contribution in [0.1, 0.15) is 6.42 Å². The van der Waals surface area contributed by atoms with Crippen LogP contribution < -0.4 is 4.74 Å². The van der Waals surface area contributed by atoms with Gasteiger partial charge in [0.1, 0.15) is 12.4 Å². The molecule has 1 aliphatic carbocycles. The van der Waals surface area contributed by atoms with Gasteiger partial charge in [0.25, 0.3) is 0 Å². The van der Waals surface area contributed by atoms with Crippen LogP contribution >= 0.6 is 11.6 Å². The van der Waals surface area contributed by atoms with Gasteiger partial charge in [-0.3, -0.25) is 9.59 Å². The molecule has 20 heavy (non-hydrogen) atoms. The lowest BCUT2D eigenvalue weighted by molar-refractivity contribution is -0.141. The molecule has 1 aromatic rings. The van der Waals surface area contributed by atoms with E-state index >= 15 is 0 Å². The number of benzene rings is 1. The second-order valence-electron chi connectivity index (χ2n) is 4.83. The van der Waals surface area contributed by atoms with Crippen molar-refractivity contribution in [3.8, 4) is 5.75 Å². The summed E-state index contributed by atoms with van der Waals surface area (Å²) >= 11 is 5.95. The zero-order valence-corrected chi connectivity index (χ0v) is 11.8. The number of para-hydroxylation sites is 1. The van der Waals surface area contributed by atoms with Crippen LogP contribution in [0.3, 0.4) is 0 Å². The van der Waals surface area contributed by atoms with E-state index in [1.807, 2.05) is 12.1 Å². The van der Waals surface area contributed by atoms with Crippen molar-refractivity contribution in [1.82, 2.24) is 4.90 Å². The van der Waals surface area contributed by atoms with E-state index in [9.17, 15) is 9.59 Å². The predicted molar refractivity (Wildman–Crippen MR) is 73.8 cm³/mol. The number of carboxylic acids is 1. The molecule has 1 amide bonds. The second-order valence-corrected chi connectivity index (χ2v) is 5.23. The molecule has 0 bridgehead atoms. The standard InChI is InChI=1S/C14H16ClNO4/c1-16(13(17)9-8-10(9)14(18)19)6-7-20-12-5-3-2-4-11(12)15/h2-5,9-10H,6-8H2,1H3,(H,18,19). The molecule has 0 spiro atoms. The van der Waals surface area contributed by atoms with Crippen LogP contribution in [0.15, 0.2) is 24.3 Å². The number of nitrogens with zero attached hydrogens (tertiary/aromatic N) is 1. The second kappa shape index (κ2) is 6.13. The minimum absolute atomic E-state index is 0.139. The van der Waals surface area contributed by atoms with Gasteiger partial charge >= 0.3 is 5.97 Å². The third kappa shape index (κ3) is 3.42. The molecule has 0 radical (unpaired) electrons. The highest BCUT2D eigenvalue weighted by Gasteiger charge is 2.49. The third-order valence-corrected chi connectivity index (χ3v) is 3.63. The Morgan fingerprint density at radius 3 is 2.70 bits per heavy atom. The first-order valence-corrected chi connectivity index (χ1v) is 6.73. The van der Waals surface area contributed by atoms with Crippen molar-refractivity contribution in [2.24, 2.45) is 11.8 Å². The number of hydrogen-bond acceptors (Lipinski definition) is 3. The van der Waals surface area contributed by atoms with E-state index in [-0.39, 0.29) is 11.8 Å². The molecule has 0 aromatic heterocycles. The number of halogens is 1. The number of rotatable bonds is 6. The molecule has 1 saturated carbocycles. The van der Waals surface area contributed by atoms with Crippen LogP contribution in [0.4, 0.5) is 0 Å². The molecule has 1 aliphatic rings. The van der Waals surface area contributed by atoms with E-state index in [0.717, 1.165) is 0 Å². The van der Waals surface area contributed by atoms with Gasteiger partial charge in [-0.2, -0.15) is 0 Å². The maximum Gasteiger partial charge on any atom is 0.307 e. The lowest BCUT2D eigenvalue weighted by atomic mass is 10.3. The van der Waals surface area contributed by atoms with Crippen molar-refractivity contribution in [3.05, 3.63) is 29.3 Å². The van der Waals surface area contributed by atoms with E-state index in [1.54, 1.807) is 19.2 Å². The lowest BCUT2D eigenvalue weighted by Gasteiger charge is -2.17. The molecule has 0 saturated heterocycles. The van der Waals surface area contributed by atoms with Crippen LogP contribution in [0.2, 0.25) is 5.02 Å². The Morgan fingerprint density at radius 1 is 1.40 bits per heavy atom. The Kier molecular flexibility index (Phi) is 4.49. The van der Waals surface area contributed by atoms with Crippen molar-refractivity contribution >= 4 is 23.5 Å². The maximum absolute atomic E-state index is 11.9. The van der Waals surface area contributed by atoms with Crippen molar-refractivity contribution in [1.29, 1.82) is 0 Å². The molecular formula is C14H16ClNO4. The van der Waals surface area contributed by atoms with Gasteiger partial charge in [-0.1, -0.05) is 23.7 Å². The predicted octanol–water partition coefficient (Wildman–Crippen LogP) is 1.90. The molecule has 0 aliphatic heterocycles. The minimum atomic E-state index is -0.899. The Hall–Kier alpha value is -1.75. The van der Waals surface area contributed by atoms with E-state index in [4.69, 9.17) is 21.4 Å². The number of carbonyl (C=O) groups is 2. The summed E-state index contributed by atoms with van der Waals surface area (Å²) in [5.41, 5.74) is 0. The number of likely N-dealkylation sites (N-methyl/N-ethyl adjacent to an activating group) is 1. The lowest BCUT2D eigenvalue weighted by Crippen LogP contribution is -2.32. The molecule has 108 valence electrons. The molecule has 2 atom stereocenters. The summed E-state index contributed by atoms with van der Waals surface area (Å²) in [5.74, 6) is -1.36. The van der Waals surface area contributed by atoms with E-state index in [0.29, 0.717) is 30.3 Å². The Bertz CT molecular complexity index is 520. The highest BCUT2D eigenvalue weighted by Crippen LogP contribution is 2.39. The Labute approximate surface area is 122 Å². The fraction of sp³-hybridized carbons (Fsp3) is 0.429. The van der Waals surface area contributed by atoms with Gasteiger partial charge in [0.05, 0.1) is 23.4 Å². The van der Waals surface area contributed by atoms with Crippen molar-refractivity contribution < 1.29 is 19.4 Å². The Balaban J connectivity index is 1.76. The number of carboxylic acid groups (broad SMARTS) is 1. The molecule has 1 N–H and O–H groups in total. The van der Waals surface area contributed by atoms with E-state index < -0.39 is 11.9 Å². The van der Waals surface area contributed by atoms with Crippen LogP contribution in [0.25, 0.3) is 0 Å².